The molecular weight excluding hydrogens is 324 g/mol. The standard InChI is InChI=1S/C19H21ClN2O2/c1-14-5-3-8-18(11-14)21-19(24)13-22(15(2)23)10-9-16-6-4-7-17(20)12-16/h3-8,11-12H,9-10,13H2,1-2H3,(H,21,24). The number of hydrogen-bond acceptors (Lipinski definition) is 2. The molecular formula is C19H21ClN2O2. The molecule has 0 aliphatic carbocycles. The molecule has 0 fully saturated rings. The highest BCUT2D eigenvalue weighted by Crippen LogP contribution is 2.12. The summed E-state index contributed by atoms with van der Waals surface area (Å²) in [7, 11) is 0. The molecule has 0 bridgehead atoms. The molecule has 2 aromatic carbocycles. The van der Waals surface area contributed by atoms with Crippen LogP contribution in [0.15, 0.2) is 48.5 Å². The van der Waals surface area contributed by atoms with Crippen LogP contribution in [0.3, 0.4) is 0 Å². The van der Waals surface area contributed by atoms with Crippen molar-refractivity contribution in [2.45, 2.75) is 20.3 Å². The summed E-state index contributed by atoms with van der Waals surface area (Å²) in [6.45, 7) is 3.93. The van der Waals surface area contributed by atoms with Gasteiger partial charge in [-0.2, -0.15) is 0 Å². The number of anilines is 1. The van der Waals surface area contributed by atoms with Gasteiger partial charge in [-0.1, -0.05) is 35.9 Å². The molecule has 4 nitrogen and oxygen atoms in total. The van der Waals surface area contributed by atoms with Crippen molar-refractivity contribution in [2.24, 2.45) is 0 Å². The Morgan fingerprint density at radius 1 is 1.12 bits per heavy atom. The molecule has 0 spiro atoms. The van der Waals surface area contributed by atoms with Crippen LogP contribution in [0.25, 0.3) is 0 Å². The van der Waals surface area contributed by atoms with E-state index in [4.69, 9.17) is 11.6 Å². The van der Waals surface area contributed by atoms with Gasteiger partial charge in [0.2, 0.25) is 11.8 Å². The van der Waals surface area contributed by atoms with E-state index in [1.54, 1.807) is 0 Å². The van der Waals surface area contributed by atoms with Crippen LogP contribution < -0.4 is 5.32 Å². The first-order valence-corrected chi connectivity index (χ1v) is 8.18. The highest BCUT2D eigenvalue weighted by Gasteiger charge is 2.14. The van der Waals surface area contributed by atoms with Crippen molar-refractivity contribution in [3.05, 3.63) is 64.7 Å². The fourth-order valence-corrected chi connectivity index (χ4v) is 2.61. The number of hydrogen-bond donors (Lipinski definition) is 1. The molecule has 0 radical (unpaired) electrons. The predicted octanol–water partition coefficient (Wildman–Crippen LogP) is 3.68. The summed E-state index contributed by atoms with van der Waals surface area (Å²) in [5, 5.41) is 3.49. The monoisotopic (exact) mass is 344 g/mol. The zero-order chi connectivity index (χ0) is 17.5. The van der Waals surface area contributed by atoms with E-state index in [0.29, 0.717) is 18.0 Å². The summed E-state index contributed by atoms with van der Waals surface area (Å²) in [5.74, 6) is -0.335. The summed E-state index contributed by atoms with van der Waals surface area (Å²) in [4.78, 5) is 25.5. The quantitative estimate of drug-likeness (QED) is 0.869. The second-order valence-corrected chi connectivity index (χ2v) is 6.17. The number of halogens is 1. The van der Waals surface area contributed by atoms with Crippen molar-refractivity contribution in [3.8, 4) is 0 Å². The largest absolute Gasteiger partial charge is 0.333 e. The van der Waals surface area contributed by atoms with Crippen molar-refractivity contribution >= 4 is 29.1 Å². The maximum atomic E-state index is 12.2. The Morgan fingerprint density at radius 2 is 1.88 bits per heavy atom. The smallest absolute Gasteiger partial charge is 0.243 e. The molecule has 0 heterocycles. The molecule has 126 valence electrons. The maximum Gasteiger partial charge on any atom is 0.243 e. The van der Waals surface area contributed by atoms with Gasteiger partial charge >= 0.3 is 0 Å². The number of amides is 2. The summed E-state index contributed by atoms with van der Waals surface area (Å²) >= 11 is 5.97. The molecule has 0 aliphatic rings. The average molecular weight is 345 g/mol. The minimum absolute atomic E-state index is 0.0316. The van der Waals surface area contributed by atoms with Crippen LogP contribution in [0.4, 0.5) is 5.69 Å². The summed E-state index contributed by atoms with van der Waals surface area (Å²) in [6, 6.07) is 15.1. The van der Waals surface area contributed by atoms with Crippen LogP contribution in [0.1, 0.15) is 18.1 Å². The molecule has 5 heteroatoms. The van der Waals surface area contributed by atoms with Crippen LogP contribution >= 0.6 is 11.6 Å². The van der Waals surface area contributed by atoms with E-state index in [2.05, 4.69) is 5.32 Å². The third kappa shape index (κ3) is 5.70. The highest BCUT2D eigenvalue weighted by molar-refractivity contribution is 6.30. The lowest BCUT2D eigenvalue weighted by molar-refractivity contribution is -0.132. The van der Waals surface area contributed by atoms with Gasteiger partial charge in [0.15, 0.2) is 0 Å². The molecule has 2 aromatic rings. The number of carbonyl (C=O) groups is 2. The zero-order valence-electron chi connectivity index (χ0n) is 13.9. The third-order valence-electron chi connectivity index (χ3n) is 3.64. The molecule has 0 unspecified atom stereocenters. The van der Waals surface area contributed by atoms with E-state index in [0.717, 1.165) is 16.8 Å². The molecule has 2 amide bonds. The topological polar surface area (TPSA) is 49.4 Å². The van der Waals surface area contributed by atoms with Gasteiger partial charge in [-0.3, -0.25) is 9.59 Å². The van der Waals surface area contributed by atoms with Gasteiger partial charge in [0.05, 0.1) is 6.54 Å². The van der Waals surface area contributed by atoms with Crippen molar-refractivity contribution in [3.63, 3.8) is 0 Å². The van der Waals surface area contributed by atoms with Crippen LogP contribution in [0, 0.1) is 6.92 Å². The van der Waals surface area contributed by atoms with E-state index in [-0.39, 0.29) is 18.4 Å². The van der Waals surface area contributed by atoms with Crippen molar-refractivity contribution < 1.29 is 9.59 Å². The Hall–Kier alpha value is -2.33. The van der Waals surface area contributed by atoms with Crippen LogP contribution in [0.2, 0.25) is 5.02 Å². The SMILES string of the molecule is CC(=O)N(CCc1cccc(Cl)c1)CC(=O)Nc1cccc(C)c1. The van der Waals surface area contributed by atoms with Crippen molar-refractivity contribution in [1.29, 1.82) is 0 Å². The van der Waals surface area contributed by atoms with Crippen LogP contribution in [-0.2, 0) is 16.0 Å². The molecule has 0 saturated carbocycles. The Kier molecular flexibility index (Phi) is 6.38. The number of rotatable bonds is 6. The van der Waals surface area contributed by atoms with Gasteiger partial charge < -0.3 is 10.2 Å². The number of nitrogens with one attached hydrogen (secondary N) is 1. The molecule has 0 saturated heterocycles. The van der Waals surface area contributed by atoms with Gasteiger partial charge in [-0.05, 0) is 48.7 Å². The van der Waals surface area contributed by atoms with E-state index in [1.807, 2.05) is 55.5 Å². The van der Waals surface area contributed by atoms with E-state index >= 15 is 0 Å². The fourth-order valence-electron chi connectivity index (χ4n) is 2.40. The van der Waals surface area contributed by atoms with E-state index < -0.39 is 0 Å². The van der Waals surface area contributed by atoms with E-state index in [1.165, 1.54) is 11.8 Å². The Bertz CT molecular complexity index is 731. The van der Waals surface area contributed by atoms with Crippen LogP contribution in [0.5, 0.6) is 0 Å². The highest BCUT2D eigenvalue weighted by atomic mass is 35.5. The van der Waals surface area contributed by atoms with Gasteiger partial charge in [0, 0.05) is 24.2 Å². The lowest BCUT2D eigenvalue weighted by Gasteiger charge is -2.20. The molecule has 24 heavy (non-hydrogen) atoms. The summed E-state index contributed by atoms with van der Waals surface area (Å²) in [6.07, 6.45) is 0.651. The Labute approximate surface area is 147 Å². The van der Waals surface area contributed by atoms with Crippen molar-refractivity contribution in [2.75, 3.05) is 18.4 Å². The molecule has 0 atom stereocenters. The zero-order valence-corrected chi connectivity index (χ0v) is 14.6. The second kappa shape index (κ2) is 8.50. The molecule has 1 N–H and O–H groups in total. The molecule has 0 aliphatic heterocycles. The number of nitrogens with zero attached hydrogens (tertiary/aromatic N) is 1. The lowest BCUT2D eigenvalue weighted by Crippen LogP contribution is -2.38. The van der Waals surface area contributed by atoms with Crippen molar-refractivity contribution in [1.82, 2.24) is 4.90 Å². The Balaban J connectivity index is 1.93. The number of aryl methyl sites for hydroxylation is 1. The number of benzene rings is 2. The first-order chi connectivity index (χ1) is 11.4. The average Bonchev–Trinajstić information content (AvgIpc) is 2.51. The third-order valence-corrected chi connectivity index (χ3v) is 3.88. The summed E-state index contributed by atoms with van der Waals surface area (Å²) in [5.41, 5.74) is 2.84. The van der Waals surface area contributed by atoms with E-state index in [9.17, 15) is 9.59 Å². The minimum atomic E-state index is -0.207. The van der Waals surface area contributed by atoms with Gasteiger partial charge in [-0.15, -0.1) is 0 Å². The molecule has 2 rings (SSSR count). The maximum absolute atomic E-state index is 12.2. The normalized spacial score (nSPS) is 10.3. The first kappa shape index (κ1) is 18.0. The number of carbonyl (C=O) groups excluding carboxylic acids is 2. The van der Waals surface area contributed by atoms with Gasteiger partial charge in [-0.25, -0.2) is 0 Å². The summed E-state index contributed by atoms with van der Waals surface area (Å²) < 4.78 is 0. The predicted molar refractivity (Wildman–Crippen MR) is 97.2 cm³/mol. The second-order valence-electron chi connectivity index (χ2n) is 5.74. The fraction of sp³-hybridized carbons (Fsp3) is 0.263. The first-order valence-electron chi connectivity index (χ1n) is 7.80. The van der Waals surface area contributed by atoms with Gasteiger partial charge in [0.25, 0.3) is 0 Å². The lowest BCUT2D eigenvalue weighted by atomic mass is 10.1. The van der Waals surface area contributed by atoms with Crippen LogP contribution in [-0.4, -0.2) is 29.8 Å². The van der Waals surface area contributed by atoms with Gasteiger partial charge in [0.1, 0.15) is 0 Å². The molecule has 0 aromatic heterocycles. The minimum Gasteiger partial charge on any atom is -0.333 e. The Morgan fingerprint density at radius 3 is 2.54 bits per heavy atom.